The third-order valence-electron chi connectivity index (χ3n) is 8.06. The summed E-state index contributed by atoms with van der Waals surface area (Å²) in [7, 11) is 0. The number of rotatable bonds is 0. The summed E-state index contributed by atoms with van der Waals surface area (Å²) in [5.41, 5.74) is 4.49. The van der Waals surface area contributed by atoms with Gasteiger partial charge in [0.15, 0.2) is 5.78 Å². The third kappa shape index (κ3) is 1.79. The number of esters is 1. The summed E-state index contributed by atoms with van der Waals surface area (Å²) in [6.07, 6.45) is 11.9. The molecule has 0 aromatic carbocycles. The molecule has 4 aliphatic carbocycles. The quantitative estimate of drug-likeness (QED) is 0.624. The lowest BCUT2D eigenvalue weighted by molar-refractivity contribution is -0.161. The predicted octanol–water partition coefficient (Wildman–Crippen LogP) is 4.27. The van der Waals surface area contributed by atoms with Crippen molar-refractivity contribution in [2.24, 2.45) is 17.3 Å². The van der Waals surface area contributed by atoms with Gasteiger partial charge in [0, 0.05) is 18.3 Å². The number of fused-ring (bicyclic) bond motifs is 5. The first kappa shape index (κ1) is 14.9. The van der Waals surface area contributed by atoms with Crippen molar-refractivity contribution in [2.45, 2.75) is 76.7 Å². The summed E-state index contributed by atoms with van der Waals surface area (Å²) < 4.78 is 5.97. The van der Waals surface area contributed by atoms with E-state index < -0.39 is 0 Å². The van der Waals surface area contributed by atoms with Crippen LogP contribution in [0.4, 0.5) is 0 Å². The third-order valence-corrected chi connectivity index (χ3v) is 8.06. The normalized spacial score (nSPS) is 44.1. The van der Waals surface area contributed by atoms with Crippen LogP contribution in [0.3, 0.4) is 0 Å². The van der Waals surface area contributed by atoms with Crippen molar-refractivity contribution >= 4 is 11.8 Å². The van der Waals surface area contributed by atoms with Gasteiger partial charge in [-0.15, -0.1) is 0 Å². The van der Waals surface area contributed by atoms with E-state index in [2.05, 4.69) is 6.92 Å². The Morgan fingerprint density at radius 2 is 1.88 bits per heavy atom. The minimum absolute atomic E-state index is 0.0145. The molecule has 2 unspecified atom stereocenters. The first-order chi connectivity index (χ1) is 11.5. The zero-order valence-electron chi connectivity index (χ0n) is 14.5. The lowest BCUT2D eigenvalue weighted by atomic mass is 9.54. The number of hydrogen-bond acceptors (Lipinski definition) is 3. The van der Waals surface area contributed by atoms with Crippen molar-refractivity contribution in [3.63, 3.8) is 0 Å². The summed E-state index contributed by atoms with van der Waals surface area (Å²) in [5, 5.41) is 0. The SMILES string of the molecule is C[C@]12CCC3=C4CCC(=O)C=C4CCC3C1CC[C@@]21CCC(=O)O1. The Morgan fingerprint density at radius 1 is 1.00 bits per heavy atom. The molecule has 2 saturated carbocycles. The van der Waals surface area contributed by atoms with Crippen molar-refractivity contribution in [2.75, 3.05) is 0 Å². The molecule has 128 valence electrons. The fraction of sp³-hybridized carbons (Fsp3) is 0.714. The Balaban J connectivity index is 1.53. The van der Waals surface area contributed by atoms with Gasteiger partial charge in [0.1, 0.15) is 5.60 Å². The highest BCUT2D eigenvalue weighted by Gasteiger charge is 2.64. The van der Waals surface area contributed by atoms with Crippen LogP contribution < -0.4 is 0 Å². The Bertz CT molecular complexity index is 700. The number of hydrogen-bond donors (Lipinski definition) is 0. The number of carbonyl (C=O) groups is 2. The second-order valence-corrected chi connectivity index (χ2v) is 8.82. The highest BCUT2D eigenvalue weighted by Crippen LogP contribution is 2.66. The first-order valence-corrected chi connectivity index (χ1v) is 9.70. The maximum Gasteiger partial charge on any atom is 0.306 e. The predicted molar refractivity (Wildman–Crippen MR) is 90.2 cm³/mol. The topological polar surface area (TPSA) is 43.4 Å². The van der Waals surface area contributed by atoms with Gasteiger partial charge >= 0.3 is 5.97 Å². The van der Waals surface area contributed by atoms with Gasteiger partial charge in [-0.3, -0.25) is 9.59 Å². The maximum atomic E-state index is 11.9. The Hall–Kier alpha value is -1.38. The van der Waals surface area contributed by atoms with Gasteiger partial charge in [-0.2, -0.15) is 0 Å². The van der Waals surface area contributed by atoms with Gasteiger partial charge in [0.2, 0.25) is 0 Å². The molecule has 5 aliphatic rings. The molecular formula is C21H26O3. The van der Waals surface area contributed by atoms with E-state index in [9.17, 15) is 9.59 Å². The van der Waals surface area contributed by atoms with Crippen molar-refractivity contribution in [1.82, 2.24) is 0 Å². The molecule has 1 spiro atoms. The van der Waals surface area contributed by atoms with Crippen LogP contribution in [0.1, 0.15) is 71.1 Å². The molecule has 4 atom stereocenters. The van der Waals surface area contributed by atoms with Crippen molar-refractivity contribution < 1.29 is 14.3 Å². The number of allylic oxidation sites excluding steroid dienone is 4. The summed E-state index contributed by atoms with van der Waals surface area (Å²) in [5.74, 6) is 1.63. The van der Waals surface area contributed by atoms with Crippen LogP contribution in [0.2, 0.25) is 0 Å². The smallest absolute Gasteiger partial charge is 0.306 e. The number of carbonyl (C=O) groups excluding carboxylic acids is 2. The second-order valence-electron chi connectivity index (χ2n) is 8.82. The molecule has 0 radical (unpaired) electrons. The Labute approximate surface area is 143 Å². The minimum atomic E-state index is -0.177. The number of ketones is 1. The molecule has 1 heterocycles. The zero-order chi connectivity index (χ0) is 16.5. The van der Waals surface area contributed by atoms with Gasteiger partial charge in [0.25, 0.3) is 0 Å². The lowest BCUT2D eigenvalue weighted by Gasteiger charge is -2.51. The molecule has 0 N–H and O–H groups in total. The highest BCUT2D eigenvalue weighted by atomic mass is 16.6. The van der Waals surface area contributed by atoms with E-state index in [1.807, 2.05) is 6.08 Å². The molecule has 3 heteroatoms. The average molecular weight is 326 g/mol. The molecule has 0 aromatic heterocycles. The van der Waals surface area contributed by atoms with Crippen LogP contribution in [-0.2, 0) is 14.3 Å². The fourth-order valence-electron chi connectivity index (χ4n) is 6.83. The first-order valence-electron chi connectivity index (χ1n) is 9.70. The standard InChI is InChI=1S/C21H26O3/c1-20-9-6-16-15-5-3-14(22)12-13(15)2-4-17(16)18(20)7-10-21(20)11-8-19(23)24-21/h12,17-18H,2-11H2,1H3/t17?,18?,20-,21+/m0/s1. The molecule has 1 saturated heterocycles. The molecule has 1 aliphatic heterocycles. The van der Waals surface area contributed by atoms with Crippen LogP contribution in [0, 0.1) is 17.3 Å². The summed E-state index contributed by atoms with van der Waals surface area (Å²) >= 11 is 0. The van der Waals surface area contributed by atoms with Crippen molar-refractivity contribution in [1.29, 1.82) is 0 Å². The van der Waals surface area contributed by atoms with E-state index in [1.165, 1.54) is 24.0 Å². The van der Waals surface area contributed by atoms with Crippen LogP contribution in [-0.4, -0.2) is 17.4 Å². The molecule has 0 aromatic rings. The van der Waals surface area contributed by atoms with Crippen LogP contribution in [0.15, 0.2) is 22.8 Å². The Kier molecular flexibility index (Phi) is 3.00. The maximum absolute atomic E-state index is 11.9. The lowest BCUT2D eigenvalue weighted by Crippen LogP contribution is -2.49. The Morgan fingerprint density at radius 3 is 2.67 bits per heavy atom. The largest absolute Gasteiger partial charge is 0.458 e. The van der Waals surface area contributed by atoms with Gasteiger partial charge in [0.05, 0.1) is 0 Å². The molecule has 5 rings (SSSR count). The summed E-state index contributed by atoms with van der Waals surface area (Å²) in [6.45, 7) is 2.40. The van der Waals surface area contributed by atoms with E-state index in [0.29, 0.717) is 30.5 Å². The van der Waals surface area contributed by atoms with E-state index in [-0.39, 0.29) is 17.0 Å². The van der Waals surface area contributed by atoms with Gasteiger partial charge < -0.3 is 4.74 Å². The van der Waals surface area contributed by atoms with E-state index in [0.717, 1.165) is 38.5 Å². The molecule has 3 fully saturated rings. The van der Waals surface area contributed by atoms with Crippen molar-refractivity contribution in [3.8, 4) is 0 Å². The molecular weight excluding hydrogens is 300 g/mol. The number of ether oxygens (including phenoxy) is 1. The van der Waals surface area contributed by atoms with Gasteiger partial charge in [-0.05, 0) is 80.4 Å². The van der Waals surface area contributed by atoms with Crippen LogP contribution in [0.5, 0.6) is 0 Å². The second kappa shape index (κ2) is 4.83. The van der Waals surface area contributed by atoms with Gasteiger partial charge in [-0.1, -0.05) is 12.5 Å². The minimum Gasteiger partial charge on any atom is -0.458 e. The zero-order valence-corrected chi connectivity index (χ0v) is 14.5. The summed E-state index contributed by atoms with van der Waals surface area (Å²) in [4.78, 5) is 23.6. The summed E-state index contributed by atoms with van der Waals surface area (Å²) in [6, 6.07) is 0. The fourth-order valence-corrected chi connectivity index (χ4v) is 6.83. The molecule has 3 nitrogen and oxygen atoms in total. The van der Waals surface area contributed by atoms with Gasteiger partial charge in [-0.25, -0.2) is 0 Å². The van der Waals surface area contributed by atoms with Crippen molar-refractivity contribution in [3.05, 3.63) is 22.8 Å². The van der Waals surface area contributed by atoms with E-state index in [1.54, 1.807) is 5.57 Å². The molecule has 0 bridgehead atoms. The monoisotopic (exact) mass is 326 g/mol. The van der Waals surface area contributed by atoms with Crippen LogP contribution in [0.25, 0.3) is 0 Å². The van der Waals surface area contributed by atoms with Crippen LogP contribution >= 0.6 is 0 Å². The van der Waals surface area contributed by atoms with E-state index in [4.69, 9.17) is 4.74 Å². The molecule has 0 amide bonds. The average Bonchev–Trinajstić information content (AvgIpc) is 3.08. The highest BCUT2D eigenvalue weighted by molar-refractivity contribution is 5.93. The van der Waals surface area contributed by atoms with E-state index >= 15 is 0 Å². The molecule has 24 heavy (non-hydrogen) atoms.